The zero-order valence-electron chi connectivity index (χ0n) is 10.6. The lowest BCUT2D eigenvalue weighted by molar-refractivity contribution is -0.274. The lowest BCUT2D eigenvalue weighted by Crippen LogP contribution is -2.17. The standard InChI is InChI=1S/C13H6ClF3IN3O/c14-11-10-9(18)5-21(12(10)20-6-19-11)7-2-1-3-8(4-7)22-13(15,16)17/h1-6H. The summed E-state index contributed by atoms with van der Waals surface area (Å²) in [4.78, 5) is 8.05. The van der Waals surface area contributed by atoms with E-state index in [2.05, 4.69) is 37.3 Å². The largest absolute Gasteiger partial charge is 0.573 e. The Hall–Kier alpha value is -1.55. The molecule has 0 saturated heterocycles. The van der Waals surface area contributed by atoms with Crippen molar-refractivity contribution in [2.45, 2.75) is 6.36 Å². The molecule has 2 heterocycles. The summed E-state index contributed by atoms with van der Waals surface area (Å²) in [5.74, 6) is -0.304. The highest BCUT2D eigenvalue weighted by Gasteiger charge is 2.31. The minimum absolute atomic E-state index is 0.288. The average molecular weight is 440 g/mol. The molecule has 1 aromatic carbocycles. The van der Waals surface area contributed by atoms with Gasteiger partial charge in [0.05, 0.1) is 11.1 Å². The molecule has 114 valence electrons. The first-order valence-corrected chi connectivity index (χ1v) is 7.34. The van der Waals surface area contributed by atoms with Gasteiger partial charge in [0.15, 0.2) is 5.65 Å². The van der Waals surface area contributed by atoms with Crippen molar-refractivity contribution in [1.29, 1.82) is 0 Å². The maximum absolute atomic E-state index is 12.3. The molecule has 22 heavy (non-hydrogen) atoms. The van der Waals surface area contributed by atoms with E-state index in [4.69, 9.17) is 11.6 Å². The second kappa shape index (κ2) is 5.58. The number of fused-ring (bicyclic) bond motifs is 1. The van der Waals surface area contributed by atoms with Crippen LogP contribution in [0.3, 0.4) is 0 Å². The van der Waals surface area contributed by atoms with Crippen LogP contribution in [-0.2, 0) is 0 Å². The summed E-state index contributed by atoms with van der Waals surface area (Å²) in [6, 6.07) is 5.63. The zero-order chi connectivity index (χ0) is 15.9. The van der Waals surface area contributed by atoms with Crippen LogP contribution in [0.2, 0.25) is 5.15 Å². The number of benzene rings is 1. The van der Waals surface area contributed by atoms with Crippen molar-refractivity contribution < 1.29 is 17.9 Å². The second-order valence-corrected chi connectivity index (χ2v) is 5.78. The van der Waals surface area contributed by atoms with Crippen LogP contribution >= 0.6 is 34.2 Å². The number of halogens is 5. The number of ether oxygens (including phenoxy) is 1. The van der Waals surface area contributed by atoms with E-state index in [1.807, 2.05) is 0 Å². The molecule has 0 aliphatic rings. The van der Waals surface area contributed by atoms with Gasteiger partial charge in [0.1, 0.15) is 17.2 Å². The molecule has 0 spiro atoms. The summed E-state index contributed by atoms with van der Waals surface area (Å²) in [6.07, 6.45) is -1.72. The summed E-state index contributed by atoms with van der Waals surface area (Å²) in [7, 11) is 0. The fraction of sp³-hybridized carbons (Fsp3) is 0.0769. The predicted octanol–water partition coefficient (Wildman–Crippen LogP) is 4.58. The van der Waals surface area contributed by atoms with Gasteiger partial charge in [-0.25, -0.2) is 9.97 Å². The molecule has 2 aromatic heterocycles. The maximum atomic E-state index is 12.3. The van der Waals surface area contributed by atoms with Gasteiger partial charge in [-0.1, -0.05) is 17.7 Å². The van der Waals surface area contributed by atoms with E-state index >= 15 is 0 Å². The van der Waals surface area contributed by atoms with Gasteiger partial charge >= 0.3 is 6.36 Å². The first-order valence-electron chi connectivity index (χ1n) is 5.88. The Bertz CT molecular complexity index is 850. The molecule has 9 heteroatoms. The van der Waals surface area contributed by atoms with E-state index in [0.717, 1.165) is 3.57 Å². The fourth-order valence-corrected chi connectivity index (χ4v) is 3.17. The normalized spacial score (nSPS) is 11.9. The van der Waals surface area contributed by atoms with Gasteiger partial charge in [-0.3, -0.25) is 4.57 Å². The molecule has 0 N–H and O–H groups in total. The predicted molar refractivity (Wildman–Crippen MR) is 83.3 cm³/mol. The average Bonchev–Trinajstić information content (AvgIpc) is 2.76. The number of nitrogens with zero attached hydrogens (tertiary/aromatic N) is 3. The summed E-state index contributed by atoms with van der Waals surface area (Å²) in [6.45, 7) is 0. The number of hydrogen-bond donors (Lipinski definition) is 0. The maximum Gasteiger partial charge on any atom is 0.573 e. The van der Waals surface area contributed by atoms with Crippen LogP contribution in [0.15, 0.2) is 36.8 Å². The molecule has 0 amide bonds. The number of alkyl halides is 3. The molecular formula is C13H6ClF3IN3O. The second-order valence-electron chi connectivity index (χ2n) is 4.26. The van der Waals surface area contributed by atoms with E-state index in [9.17, 15) is 13.2 Å². The minimum atomic E-state index is -4.74. The number of hydrogen-bond acceptors (Lipinski definition) is 3. The smallest absolute Gasteiger partial charge is 0.406 e. The van der Waals surface area contributed by atoms with Gasteiger partial charge in [0.2, 0.25) is 0 Å². The minimum Gasteiger partial charge on any atom is -0.406 e. The lowest BCUT2D eigenvalue weighted by Gasteiger charge is -2.11. The first kappa shape index (κ1) is 15.3. The van der Waals surface area contributed by atoms with Crippen LogP contribution in [0, 0.1) is 3.57 Å². The lowest BCUT2D eigenvalue weighted by atomic mass is 10.3. The van der Waals surface area contributed by atoms with Gasteiger partial charge in [-0.05, 0) is 34.7 Å². The van der Waals surface area contributed by atoms with E-state index < -0.39 is 6.36 Å². The highest BCUT2D eigenvalue weighted by atomic mass is 127. The molecule has 3 aromatic rings. The van der Waals surface area contributed by atoms with Crippen LogP contribution in [0.5, 0.6) is 5.75 Å². The Labute approximate surface area is 141 Å². The van der Waals surface area contributed by atoms with Gasteiger partial charge in [-0.2, -0.15) is 0 Å². The van der Waals surface area contributed by atoms with Crippen molar-refractivity contribution >= 4 is 45.2 Å². The summed E-state index contributed by atoms with van der Waals surface area (Å²) >= 11 is 8.10. The Morgan fingerprint density at radius 3 is 2.73 bits per heavy atom. The van der Waals surface area contributed by atoms with Gasteiger partial charge in [0.25, 0.3) is 0 Å². The summed E-state index contributed by atoms with van der Waals surface area (Å²) in [5.41, 5.74) is 0.984. The van der Waals surface area contributed by atoms with Gasteiger partial charge in [0, 0.05) is 15.8 Å². The number of rotatable bonds is 2. The molecule has 0 unspecified atom stereocenters. The van der Waals surface area contributed by atoms with Crippen molar-refractivity contribution in [2.75, 3.05) is 0 Å². The van der Waals surface area contributed by atoms with E-state index in [1.165, 1.54) is 24.5 Å². The Kier molecular flexibility index (Phi) is 3.89. The highest BCUT2D eigenvalue weighted by Crippen LogP contribution is 2.30. The Balaban J connectivity index is 2.12. The van der Waals surface area contributed by atoms with Crippen molar-refractivity contribution in [1.82, 2.24) is 14.5 Å². The molecule has 0 aliphatic carbocycles. The quantitative estimate of drug-likeness (QED) is 0.434. The third kappa shape index (κ3) is 2.98. The van der Waals surface area contributed by atoms with Gasteiger partial charge in [-0.15, -0.1) is 13.2 Å². The first-order chi connectivity index (χ1) is 10.3. The molecule has 4 nitrogen and oxygen atoms in total. The summed E-state index contributed by atoms with van der Waals surface area (Å²) in [5, 5.41) is 0.933. The SMILES string of the molecule is FC(F)(F)Oc1cccc(-n2cc(I)c3c(Cl)ncnc32)c1. The molecule has 0 aliphatic heterocycles. The van der Waals surface area contributed by atoms with E-state index in [0.29, 0.717) is 16.7 Å². The molecule has 0 fully saturated rings. The van der Waals surface area contributed by atoms with E-state index in [-0.39, 0.29) is 10.9 Å². The molecule has 0 atom stereocenters. The van der Waals surface area contributed by atoms with Crippen LogP contribution < -0.4 is 4.74 Å². The molecule has 3 rings (SSSR count). The van der Waals surface area contributed by atoms with Crippen molar-refractivity contribution in [3.8, 4) is 11.4 Å². The van der Waals surface area contributed by atoms with Crippen LogP contribution in [0.4, 0.5) is 13.2 Å². The monoisotopic (exact) mass is 439 g/mol. The highest BCUT2D eigenvalue weighted by molar-refractivity contribution is 14.1. The number of aromatic nitrogens is 3. The van der Waals surface area contributed by atoms with Crippen molar-refractivity contribution in [3.05, 3.63) is 45.5 Å². The van der Waals surface area contributed by atoms with Crippen LogP contribution in [0.25, 0.3) is 16.7 Å². The topological polar surface area (TPSA) is 39.9 Å². The fourth-order valence-electron chi connectivity index (χ4n) is 2.01. The Morgan fingerprint density at radius 2 is 2.00 bits per heavy atom. The molecular weight excluding hydrogens is 434 g/mol. The Morgan fingerprint density at radius 1 is 1.23 bits per heavy atom. The zero-order valence-corrected chi connectivity index (χ0v) is 13.5. The van der Waals surface area contributed by atoms with Gasteiger partial charge < -0.3 is 4.74 Å². The van der Waals surface area contributed by atoms with Crippen molar-refractivity contribution in [3.63, 3.8) is 0 Å². The van der Waals surface area contributed by atoms with Crippen LogP contribution in [0.1, 0.15) is 0 Å². The van der Waals surface area contributed by atoms with Crippen molar-refractivity contribution in [2.24, 2.45) is 0 Å². The van der Waals surface area contributed by atoms with Crippen LogP contribution in [-0.4, -0.2) is 20.9 Å². The third-order valence-electron chi connectivity index (χ3n) is 2.82. The summed E-state index contributed by atoms with van der Waals surface area (Å²) < 4.78 is 43.3. The molecule has 0 bridgehead atoms. The third-order valence-corrected chi connectivity index (χ3v) is 3.92. The van der Waals surface area contributed by atoms with E-state index in [1.54, 1.807) is 16.8 Å². The molecule has 0 radical (unpaired) electrons. The molecule has 0 saturated carbocycles.